The van der Waals surface area contributed by atoms with E-state index in [1.165, 1.54) is 30.4 Å². The lowest BCUT2D eigenvalue weighted by atomic mass is 10.0. The summed E-state index contributed by atoms with van der Waals surface area (Å²) in [4.78, 5) is 22.4. The molecule has 0 heterocycles. The first kappa shape index (κ1) is 29.0. The zero-order chi connectivity index (χ0) is 29.0. The summed E-state index contributed by atoms with van der Waals surface area (Å²) in [6.07, 6.45) is 3.07. The normalized spacial score (nSPS) is 10.7. The molecule has 0 atom stereocenters. The molecule has 0 N–H and O–H groups in total. The Hall–Kier alpha value is -5.53. The third-order valence-corrected chi connectivity index (χ3v) is 5.00. The molecule has 40 heavy (non-hydrogen) atoms. The number of allylic oxidation sites excluding steroid dienone is 2. The van der Waals surface area contributed by atoms with Crippen molar-refractivity contribution in [1.29, 1.82) is 0 Å². The Morgan fingerprint density at radius 1 is 0.700 bits per heavy atom. The van der Waals surface area contributed by atoms with Crippen molar-refractivity contribution in [3.8, 4) is 35.2 Å². The fourth-order valence-electron chi connectivity index (χ4n) is 3.12. The summed E-state index contributed by atoms with van der Waals surface area (Å²) in [7, 11) is 0. The molecule has 0 aliphatic carbocycles. The molecule has 0 spiro atoms. The van der Waals surface area contributed by atoms with Crippen LogP contribution in [-0.2, 0) is 15.8 Å². The van der Waals surface area contributed by atoms with Crippen LogP contribution in [0.3, 0.4) is 0 Å². The first-order chi connectivity index (χ1) is 19.2. The number of hydrogen-bond donors (Lipinski definition) is 0. The Bertz CT molecular complexity index is 1590. The second-order valence-corrected chi connectivity index (χ2v) is 7.85. The maximum Gasteiger partial charge on any atom is 0.417 e. The van der Waals surface area contributed by atoms with Gasteiger partial charge in [-0.15, -0.1) is 0 Å². The monoisotopic (exact) mass is 538 g/mol. The van der Waals surface area contributed by atoms with Crippen LogP contribution >= 0.6 is 0 Å². The van der Waals surface area contributed by atoms with Crippen molar-refractivity contribution in [3.05, 3.63) is 132 Å². The zero-order valence-electron chi connectivity index (χ0n) is 21.0. The molecule has 0 unspecified atom stereocenters. The highest BCUT2D eigenvalue weighted by atomic mass is 19.4. The van der Waals surface area contributed by atoms with Crippen LogP contribution in [0.15, 0.2) is 104 Å². The Kier molecular flexibility index (Phi) is 10.1. The van der Waals surface area contributed by atoms with Crippen molar-refractivity contribution < 1.29 is 32.2 Å². The second-order valence-electron chi connectivity index (χ2n) is 7.85. The van der Waals surface area contributed by atoms with E-state index >= 15 is 0 Å². The first-order valence-corrected chi connectivity index (χ1v) is 11.6. The minimum absolute atomic E-state index is 0.0334. The third-order valence-electron chi connectivity index (χ3n) is 5.00. The van der Waals surface area contributed by atoms with Gasteiger partial charge in [-0.05, 0) is 90.0 Å². The summed E-state index contributed by atoms with van der Waals surface area (Å²) >= 11 is 0. The molecule has 0 aliphatic heterocycles. The number of carbonyl (C=O) groups is 2. The maximum atomic E-state index is 13.7. The molecule has 0 aliphatic rings. The molecule has 0 saturated heterocycles. The Balaban J connectivity index is 1.69. The van der Waals surface area contributed by atoms with Gasteiger partial charge in [0.1, 0.15) is 11.5 Å². The largest absolute Gasteiger partial charge is 0.423 e. The van der Waals surface area contributed by atoms with Crippen LogP contribution < -0.4 is 9.47 Å². The minimum Gasteiger partial charge on any atom is -0.423 e. The molecule has 0 amide bonds. The van der Waals surface area contributed by atoms with E-state index in [2.05, 4.69) is 36.8 Å². The Labute approximate surface area is 229 Å². The first-order valence-electron chi connectivity index (χ1n) is 11.6. The maximum absolute atomic E-state index is 13.7. The summed E-state index contributed by atoms with van der Waals surface area (Å²) in [5.41, 5.74) is 0.710. The number of esters is 2. The van der Waals surface area contributed by atoms with E-state index < -0.39 is 23.7 Å². The van der Waals surface area contributed by atoms with Crippen LogP contribution in [0.4, 0.5) is 13.2 Å². The van der Waals surface area contributed by atoms with Crippen molar-refractivity contribution in [3.63, 3.8) is 0 Å². The summed E-state index contributed by atoms with van der Waals surface area (Å²) < 4.78 is 51.1. The van der Waals surface area contributed by atoms with Gasteiger partial charge in [0.25, 0.3) is 0 Å². The van der Waals surface area contributed by atoms with Gasteiger partial charge in [-0.1, -0.05) is 49.0 Å². The Morgan fingerprint density at radius 2 is 1.18 bits per heavy atom. The lowest BCUT2D eigenvalue weighted by Gasteiger charge is -2.11. The van der Waals surface area contributed by atoms with Crippen molar-refractivity contribution >= 4 is 24.1 Å². The van der Waals surface area contributed by atoms with Crippen molar-refractivity contribution in [1.82, 2.24) is 0 Å². The molecule has 0 aromatic heterocycles. The van der Waals surface area contributed by atoms with Crippen LogP contribution in [0.1, 0.15) is 27.8 Å². The van der Waals surface area contributed by atoms with Crippen molar-refractivity contribution in [2.24, 2.45) is 0 Å². The zero-order valence-corrected chi connectivity index (χ0v) is 21.0. The highest BCUT2D eigenvalue weighted by Crippen LogP contribution is 2.33. The second kappa shape index (κ2) is 13.9. The molecule has 0 fully saturated rings. The smallest absolute Gasteiger partial charge is 0.417 e. The predicted molar refractivity (Wildman–Crippen MR) is 148 cm³/mol. The minimum atomic E-state index is -4.57. The average molecular weight is 539 g/mol. The highest BCUT2D eigenvalue weighted by molar-refractivity contribution is 5.83. The van der Waals surface area contributed by atoms with Gasteiger partial charge in [0.2, 0.25) is 0 Å². The average Bonchev–Trinajstić information content (AvgIpc) is 2.94. The van der Waals surface area contributed by atoms with Crippen LogP contribution in [0.2, 0.25) is 0 Å². The Morgan fingerprint density at radius 3 is 1.62 bits per heavy atom. The SMILES string of the molecule is C=CC(=O)Oc1ccc(C#C/C=C/c2ccc(/C=C/C#Cc3ccc(OC(=O)C=C)cc3)c(C(F)(F)F)c2)cc1. The van der Waals surface area contributed by atoms with Gasteiger partial charge >= 0.3 is 18.1 Å². The molecule has 198 valence electrons. The highest BCUT2D eigenvalue weighted by Gasteiger charge is 2.32. The van der Waals surface area contributed by atoms with Crippen LogP contribution in [-0.4, -0.2) is 11.9 Å². The van der Waals surface area contributed by atoms with Gasteiger partial charge < -0.3 is 9.47 Å². The molecule has 3 aromatic carbocycles. The molecule has 0 saturated carbocycles. The number of alkyl halides is 3. The van der Waals surface area contributed by atoms with Crippen LogP contribution in [0, 0.1) is 23.7 Å². The van der Waals surface area contributed by atoms with E-state index in [9.17, 15) is 22.8 Å². The lowest BCUT2D eigenvalue weighted by Crippen LogP contribution is -2.07. The van der Waals surface area contributed by atoms with Gasteiger partial charge in [0.05, 0.1) is 5.56 Å². The molecule has 3 rings (SSSR count). The number of carbonyl (C=O) groups excluding carboxylic acids is 2. The molecule has 0 radical (unpaired) electrons. The standard InChI is InChI=1S/C33H21F3O4/c1-3-31(37)39-28-19-14-24(15-20-28)9-5-6-11-26-13-18-27(30(23-26)33(34,35)36)12-8-7-10-25-16-21-29(22-17-25)40-32(38)4-2/h3-4,6,8,11-23H,1-2H2/b11-6+,12-8+. The fourth-order valence-corrected chi connectivity index (χ4v) is 3.12. The van der Waals surface area contributed by atoms with Gasteiger partial charge in [0.15, 0.2) is 0 Å². The summed E-state index contributed by atoms with van der Waals surface area (Å²) in [5, 5.41) is 0. The van der Waals surface area contributed by atoms with E-state index in [0.29, 0.717) is 28.2 Å². The molecule has 4 nitrogen and oxygen atoms in total. The number of benzene rings is 3. The van der Waals surface area contributed by atoms with Gasteiger partial charge in [0, 0.05) is 23.3 Å². The van der Waals surface area contributed by atoms with Gasteiger partial charge in [-0.25, -0.2) is 9.59 Å². The molecule has 3 aromatic rings. The van der Waals surface area contributed by atoms with Gasteiger partial charge in [-0.2, -0.15) is 13.2 Å². The van der Waals surface area contributed by atoms with E-state index in [4.69, 9.17) is 9.47 Å². The summed E-state index contributed by atoms with van der Waals surface area (Å²) in [6.45, 7) is 6.64. The summed E-state index contributed by atoms with van der Waals surface area (Å²) in [5.74, 6) is 10.6. The number of ether oxygens (including phenoxy) is 2. The quantitative estimate of drug-likeness (QED) is 0.147. The molecular weight excluding hydrogens is 517 g/mol. The lowest BCUT2D eigenvalue weighted by molar-refractivity contribution is -0.137. The van der Waals surface area contributed by atoms with Crippen molar-refractivity contribution in [2.75, 3.05) is 0 Å². The molecular formula is C33H21F3O4. The van der Waals surface area contributed by atoms with E-state index in [1.807, 2.05) is 0 Å². The fraction of sp³-hybridized carbons (Fsp3) is 0.0303. The van der Waals surface area contributed by atoms with Crippen LogP contribution in [0.25, 0.3) is 12.2 Å². The third kappa shape index (κ3) is 9.09. The van der Waals surface area contributed by atoms with Crippen LogP contribution in [0.5, 0.6) is 11.5 Å². The number of hydrogen-bond acceptors (Lipinski definition) is 4. The van der Waals surface area contributed by atoms with Gasteiger partial charge in [-0.3, -0.25) is 0 Å². The number of halogens is 3. The van der Waals surface area contributed by atoms with E-state index in [1.54, 1.807) is 54.6 Å². The van der Waals surface area contributed by atoms with E-state index in [0.717, 1.165) is 18.2 Å². The number of rotatable bonds is 6. The topological polar surface area (TPSA) is 52.6 Å². The molecule has 7 heteroatoms. The summed E-state index contributed by atoms with van der Waals surface area (Å²) in [6, 6.07) is 16.7. The van der Waals surface area contributed by atoms with Crippen molar-refractivity contribution in [2.45, 2.75) is 6.18 Å². The van der Waals surface area contributed by atoms with E-state index in [-0.39, 0.29) is 5.56 Å². The predicted octanol–water partition coefficient (Wildman–Crippen LogP) is 7.02. The molecule has 0 bridgehead atoms.